The lowest BCUT2D eigenvalue weighted by Gasteiger charge is -2.32. The summed E-state index contributed by atoms with van der Waals surface area (Å²) in [7, 11) is 0. The van der Waals surface area contributed by atoms with Crippen LogP contribution in [0, 0.1) is 5.92 Å². The van der Waals surface area contributed by atoms with Gasteiger partial charge in [0.1, 0.15) is 0 Å². The summed E-state index contributed by atoms with van der Waals surface area (Å²) in [5.74, 6) is -0.187. The van der Waals surface area contributed by atoms with Crippen molar-refractivity contribution in [2.24, 2.45) is 5.92 Å². The topological polar surface area (TPSA) is 40.5 Å². The van der Waals surface area contributed by atoms with Crippen LogP contribution in [0.1, 0.15) is 31.2 Å². The lowest BCUT2D eigenvalue weighted by atomic mass is 9.93. The van der Waals surface area contributed by atoms with Crippen LogP contribution in [0.2, 0.25) is 5.02 Å². The van der Waals surface area contributed by atoms with Gasteiger partial charge in [0.15, 0.2) is 0 Å². The Morgan fingerprint density at radius 3 is 3.00 bits per heavy atom. The van der Waals surface area contributed by atoms with Gasteiger partial charge < -0.3 is 5.11 Å². The summed E-state index contributed by atoms with van der Waals surface area (Å²) in [6.07, 6.45) is 3.36. The van der Waals surface area contributed by atoms with E-state index in [1.807, 2.05) is 12.1 Å². The molecule has 1 N–H and O–H groups in total. The van der Waals surface area contributed by atoms with Crippen molar-refractivity contribution >= 4 is 33.5 Å². The van der Waals surface area contributed by atoms with Crippen LogP contribution in [0.15, 0.2) is 22.7 Å². The van der Waals surface area contributed by atoms with E-state index >= 15 is 0 Å². The van der Waals surface area contributed by atoms with Gasteiger partial charge in [-0.25, -0.2) is 0 Å². The van der Waals surface area contributed by atoms with Gasteiger partial charge in [-0.15, -0.1) is 0 Å². The molecule has 5 heteroatoms. The Balaban J connectivity index is 1.88. The van der Waals surface area contributed by atoms with E-state index < -0.39 is 5.97 Å². The quantitative estimate of drug-likeness (QED) is 0.856. The molecule has 1 heterocycles. The minimum absolute atomic E-state index is 0.280. The van der Waals surface area contributed by atoms with Crippen molar-refractivity contribution in [1.29, 1.82) is 0 Å². The highest BCUT2D eigenvalue weighted by atomic mass is 79.9. The van der Waals surface area contributed by atoms with Crippen LogP contribution in [0.5, 0.6) is 0 Å². The first-order valence-corrected chi connectivity index (χ1v) is 8.10. The molecule has 0 saturated carbocycles. The van der Waals surface area contributed by atoms with E-state index in [-0.39, 0.29) is 6.42 Å². The molecule has 0 aliphatic carbocycles. The van der Waals surface area contributed by atoms with Gasteiger partial charge in [-0.3, -0.25) is 9.69 Å². The van der Waals surface area contributed by atoms with Gasteiger partial charge in [0.05, 0.1) is 5.02 Å². The molecule has 0 aromatic heterocycles. The minimum atomic E-state index is -0.693. The zero-order chi connectivity index (χ0) is 14.5. The maximum Gasteiger partial charge on any atom is 0.303 e. The summed E-state index contributed by atoms with van der Waals surface area (Å²) >= 11 is 9.51. The van der Waals surface area contributed by atoms with Crippen LogP contribution in [0.25, 0.3) is 0 Å². The fourth-order valence-corrected chi connectivity index (χ4v) is 3.20. The van der Waals surface area contributed by atoms with Crippen molar-refractivity contribution in [2.45, 2.75) is 32.2 Å². The second-order valence-electron chi connectivity index (χ2n) is 5.42. The molecular weight excluding hydrogens is 342 g/mol. The van der Waals surface area contributed by atoms with Crippen molar-refractivity contribution in [1.82, 2.24) is 4.90 Å². The van der Waals surface area contributed by atoms with Crippen molar-refractivity contribution < 1.29 is 9.90 Å². The highest BCUT2D eigenvalue weighted by Crippen LogP contribution is 2.26. The largest absolute Gasteiger partial charge is 0.481 e. The number of benzene rings is 1. The fourth-order valence-electron chi connectivity index (χ4n) is 2.75. The minimum Gasteiger partial charge on any atom is -0.481 e. The third-order valence-electron chi connectivity index (χ3n) is 3.76. The van der Waals surface area contributed by atoms with Gasteiger partial charge in [-0.2, -0.15) is 0 Å². The molecule has 0 spiro atoms. The number of carboxylic acid groups (broad SMARTS) is 1. The summed E-state index contributed by atoms with van der Waals surface area (Å²) in [6, 6.07) is 6.05. The van der Waals surface area contributed by atoms with Crippen LogP contribution in [-0.4, -0.2) is 29.1 Å². The van der Waals surface area contributed by atoms with Gasteiger partial charge >= 0.3 is 5.97 Å². The second-order valence-corrected chi connectivity index (χ2v) is 6.69. The molecule has 1 aromatic rings. The summed E-state index contributed by atoms with van der Waals surface area (Å²) in [5, 5.41) is 9.51. The molecule has 110 valence electrons. The third-order valence-corrected chi connectivity index (χ3v) is 4.99. The lowest BCUT2D eigenvalue weighted by molar-refractivity contribution is -0.137. The molecular formula is C15H19BrClNO2. The van der Waals surface area contributed by atoms with Gasteiger partial charge in [0, 0.05) is 24.0 Å². The van der Waals surface area contributed by atoms with Crippen molar-refractivity contribution in [2.75, 3.05) is 13.1 Å². The average molecular weight is 361 g/mol. The Bertz CT molecular complexity index is 481. The lowest BCUT2D eigenvalue weighted by Crippen LogP contribution is -2.35. The van der Waals surface area contributed by atoms with E-state index in [1.54, 1.807) is 0 Å². The first kappa shape index (κ1) is 15.8. The maximum atomic E-state index is 10.7. The molecule has 3 nitrogen and oxygen atoms in total. The molecule has 1 atom stereocenters. The first-order valence-electron chi connectivity index (χ1n) is 6.92. The zero-order valence-corrected chi connectivity index (χ0v) is 13.7. The van der Waals surface area contributed by atoms with Crippen LogP contribution in [0.4, 0.5) is 0 Å². The Morgan fingerprint density at radius 2 is 2.30 bits per heavy atom. The van der Waals surface area contributed by atoms with E-state index in [0.29, 0.717) is 5.92 Å². The number of carboxylic acids is 1. The number of hydrogen-bond acceptors (Lipinski definition) is 2. The van der Waals surface area contributed by atoms with E-state index in [0.717, 1.165) is 48.4 Å². The van der Waals surface area contributed by atoms with Crippen LogP contribution in [0.3, 0.4) is 0 Å². The number of aliphatic carboxylic acids is 1. The Kier molecular flexibility index (Phi) is 5.87. The number of carbonyl (C=O) groups is 1. The van der Waals surface area contributed by atoms with E-state index in [9.17, 15) is 4.79 Å². The fraction of sp³-hybridized carbons (Fsp3) is 0.533. The summed E-state index contributed by atoms with van der Waals surface area (Å²) in [5.41, 5.74) is 1.21. The molecule has 1 aromatic carbocycles. The monoisotopic (exact) mass is 359 g/mol. The van der Waals surface area contributed by atoms with E-state index in [1.165, 1.54) is 5.56 Å². The van der Waals surface area contributed by atoms with E-state index in [4.69, 9.17) is 16.7 Å². The van der Waals surface area contributed by atoms with Gasteiger partial charge in [0.2, 0.25) is 0 Å². The highest BCUT2D eigenvalue weighted by Gasteiger charge is 2.20. The second kappa shape index (κ2) is 7.43. The third kappa shape index (κ3) is 4.76. The van der Waals surface area contributed by atoms with Crippen molar-refractivity contribution in [3.63, 3.8) is 0 Å². The molecule has 1 fully saturated rings. The predicted octanol–water partition coefficient (Wildman–Crippen LogP) is 4.18. The molecule has 0 radical (unpaired) electrons. The molecule has 2 rings (SSSR count). The highest BCUT2D eigenvalue weighted by molar-refractivity contribution is 9.10. The smallest absolute Gasteiger partial charge is 0.303 e. The number of likely N-dealkylation sites (tertiary alicyclic amines) is 1. The standard InChI is InChI=1S/C15H19BrClNO2/c16-13-5-3-12(8-14(13)17)10-18-7-1-2-11(9-18)4-6-15(19)20/h3,5,8,11H,1-2,4,6-7,9-10H2,(H,19,20). The van der Waals surface area contributed by atoms with Gasteiger partial charge in [-0.1, -0.05) is 17.7 Å². The first-order chi connectivity index (χ1) is 9.54. The Morgan fingerprint density at radius 1 is 1.50 bits per heavy atom. The summed E-state index contributed by atoms with van der Waals surface area (Å²) in [4.78, 5) is 13.0. The molecule has 1 unspecified atom stereocenters. The normalized spacial score (nSPS) is 20.0. The SMILES string of the molecule is O=C(O)CCC1CCCN(Cc2ccc(Br)c(Cl)c2)C1. The number of halogens is 2. The van der Waals surface area contributed by atoms with Gasteiger partial charge in [-0.05, 0) is 65.4 Å². The molecule has 20 heavy (non-hydrogen) atoms. The van der Waals surface area contributed by atoms with Crippen LogP contribution < -0.4 is 0 Å². The number of nitrogens with zero attached hydrogens (tertiary/aromatic N) is 1. The molecule has 0 amide bonds. The van der Waals surface area contributed by atoms with E-state index in [2.05, 4.69) is 26.9 Å². The van der Waals surface area contributed by atoms with Gasteiger partial charge in [0.25, 0.3) is 0 Å². The molecule has 0 bridgehead atoms. The van der Waals surface area contributed by atoms with Crippen molar-refractivity contribution in [3.05, 3.63) is 33.3 Å². The van der Waals surface area contributed by atoms with Crippen LogP contribution >= 0.6 is 27.5 Å². The summed E-state index contributed by atoms with van der Waals surface area (Å²) in [6.45, 7) is 2.95. The Labute approximate surface area is 133 Å². The Hall–Kier alpha value is -0.580. The average Bonchev–Trinajstić information content (AvgIpc) is 2.41. The number of piperidine rings is 1. The molecule has 1 saturated heterocycles. The molecule has 1 aliphatic heterocycles. The zero-order valence-electron chi connectivity index (χ0n) is 11.3. The predicted molar refractivity (Wildman–Crippen MR) is 84.0 cm³/mol. The summed E-state index contributed by atoms with van der Waals surface area (Å²) < 4.78 is 0.917. The number of hydrogen-bond donors (Lipinski definition) is 1. The van der Waals surface area contributed by atoms with Crippen LogP contribution in [-0.2, 0) is 11.3 Å². The van der Waals surface area contributed by atoms with Crippen molar-refractivity contribution in [3.8, 4) is 0 Å². The number of rotatable bonds is 5. The molecule has 1 aliphatic rings. The maximum absolute atomic E-state index is 10.7.